The molecule has 104 valence electrons. The van der Waals surface area contributed by atoms with Crippen LogP contribution >= 0.6 is 15.9 Å². The first-order chi connectivity index (χ1) is 9.38. The predicted octanol–water partition coefficient (Wildman–Crippen LogP) is 3.87. The molecule has 2 aromatic rings. The fourth-order valence-corrected chi connectivity index (χ4v) is 2.00. The second-order valence-corrected chi connectivity index (χ2v) is 5.18. The zero-order chi connectivity index (χ0) is 14.9. The predicted molar refractivity (Wildman–Crippen MR) is 77.6 cm³/mol. The molecule has 0 aliphatic rings. The van der Waals surface area contributed by atoms with E-state index in [9.17, 15) is 13.6 Å². The number of benzene rings is 2. The van der Waals surface area contributed by atoms with Crippen LogP contribution in [0.3, 0.4) is 0 Å². The summed E-state index contributed by atoms with van der Waals surface area (Å²) in [6, 6.07) is 7.15. The van der Waals surface area contributed by atoms with E-state index < -0.39 is 23.2 Å². The molecule has 2 rings (SSSR count). The summed E-state index contributed by atoms with van der Waals surface area (Å²) in [5, 5.41) is 2.60. The molecule has 0 unspecified atom stereocenters. The van der Waals surface area contributed by atoms with Crippen molar-refractivity contribution in [3.8, 4) is 0 Å². The highest BCUT2D eigenvalue weighted by Gasteiger charge is 2.14. The highest BCUT2D eigenvalue weighted by atomic mass is 79.9. The van der Waals surface area contributed by atoms with E-state index in [0.29, 0.717) is 5.69 Å². The molecule has 6 heteroatoms. The lowest BCUT2D eigenvalue weighted by Gasteiger charge is -2.10. The monoisotopic (exact) mass is 340 g/mol. The van der Waals surface area contributed by atoms with Crippen molar-refractivity contribution in [3.05, 3.63) is 57.6 Å². The fraction of sp³-hybridized carbons (Fsp3) is 0.0714. The molecule has 1 amide bonds. The Labute approximate surface area is 122 Å². The summed E-state index contributed by atoms with van der Waals surface area (Å²) < 4.78 is 27.4. The fourth-order valence-electron chi connectivity index (χ4n) is 1.64. The van der Waals surface area contributed by atoms with E-state index in [1.54, 1.807) is 6.07 Å². The van der Waals surface area contributed by atoms with Gasteiger partial charge in [0.2, 0.25) is 0 Å². The van der Waals surface area contributed by atoms with Gasteiger partial charge in [0.1, 0.15) is 17.3 Å². The molecular formula is C14H11BrF2N2O. The van der Waals surface area contributed by atoms with Gasteiger partial charge in [-0.05, 0) is 36.8 Å². The number of anilines is 2. The van der Waals surface area contributed by atoms with Gasteiger partial charge < -0.3 is 11.1 Å². The molecule has 0 aliphatic carbocycles. The Hall–Kier alpha value is -1.95. The van der Waals surface area contributed by atoms with Crippen molar-refractivity contribution in [3.63, 3.8) is 0 Å². The van der Waals surface area contributed by atoms with E-state index in [1.165, 1.54) is 0 Å². The molecule has 3 nitrogen and oxygen atoms in total. The summed E-state index contributed by atoms with van der Waals surface area (Å²) in [6.45, 7) is 1.81. The van der Waals surface area contributed by atoms with Crippen LogP contribution in [-0.4, -0.2) is 5.91 Å². The normalized spacial score (nSPS) is 10.4. The molecule has 3 N–H and O–H groups in total. The first-order valence-corrected chi connectivity index (χ1v) is 6.50. The minimum atomic E-state index is -0.957. The van der Waals surface area contributed by atoms with Gasteiger partial charge in [-0.2, -0.15) is 0 Å². The standard InChI is InChI=1S/C14H11BrF2N2O/c1-7-2-3-9(15)6-12(7)19-14(20)8-4-10(16)13(18)11(17)5-8/h2-6H,18H2,1H3,(H,19,20). The van der Waals surface area contributed by atoms with Gasteiger partial charge in [-0.3, -0.25) is 4.79 Å². The van der Waals surface area contributed by atoms with Crippen molar-refractivity contribution >= 4 is 33.2 Å². The molecule has 0 atom stereocenters. The van der Waals surface area contributed by atoms with E-state index >= 15 is 0 Å². The average molecular weight is 341 g/mol. The molecule has 0 bridgehead atoms. The highest BCUT2D eigenvalue weighted by Crippen LogP contribution is 2.22. The van der Waals surface area contributed by atoms with E-state index in [1.807, 2.05) is 19.1 Å². The molecule has 0 saturated heterocycles. The lowest BCUT2D eigenvalue weighted by molar-refractivity contribution is 0.102. The van der Waals surface area contributed by atoms with Gasteiger partial charge in [0.25, 0.3) is 5.91 Å². The summed E-state index contributed by atoms with van der Waals surface area (Å²) in [4.78, 5) is 12.0. The van der Waals surface area contributed by atoms with Crippen molar-refractivity contribution in [2.75, 3.05) is 11.1 Å². The number of nitrogens with one attached hydrogen (secondary N) is 1. The smallest absolute Gasteiger partial charge is 0.255 e. The van der Waals surface area contributed by atoms with Gasteiger partial charge in [-0.1, -0.05) is 22.0 Å². The first-order valence-electron chi connectivity index (χ1n) is 5.70. The van der Waals surface area contributed by atoms with E-state index in [-0.39, 0.29) is 5.56 Å². The SMILES string of the molecule is Cc1ccc(Br)cc1NC(=O)c1cc(F)c(N)c(F)c1. The number of nitrogens with two attached hydrogens (primary N) is 1. The number of halogens is 3. The molecule has 0 spiro atoms. The minimum Gasteiger partial charge on any atom is -0.394 e. The summed E-state index contributed by atoms with van der Waals surface area (Å²) in [5.41, 5.74) is 5.82. The van der Waals surface area contributed by atoms with Gasteiger partial charge in [-0.15, -0.1) is 0 Å². The van der Waals surface area contributed by atoms with Gasteiger partial charge in [0, 0.05) is 15.7 Å². The van der Waals surface area contributed by atoms with Crippen LogP contribution in [-0.2, 0) is 0 Å². The molecule has 0 radical (unpaired) electrons. The van der Waals surface area contributed by atoms with E-state index in [2.05, 4.69) is 21.2 Å². The van der Waals surface area contributed by atoms with Gasteiger partial charge in [0.05, 0.1) is 0 Å². The highest BCUT2D eigenvalue weighted by molar-refractivity contribution is 9.10. The molecule has 0 heterocycles. The van der Waals surface area contributed by atoms with Gasteiger partial charge in [0.15, 0.2) is 0 Å². The van der Waals surface area contributed by atoms with Crippen LogP contribution in [0.25, 0.3) is 0 Å². The summed E-state index contributed by atoms with van der Waals surface area (Å²) in [7, 11) is 0. The van der Waals surface area contributed by atoms with Crippen LogP contribution in [0, 0.1) is 18.6 Å². The lowest BCUT2D eigenvalue weighted by atomic mass is 10.1. The largest absolute Gasteiger partial charge is 0.394 e. The Morgan fingerprint density at radius 3 is 2.40 bits per heavy atom. The zero-order valence-corrected chi connectivity index (χ0v) is 12.1. The number of hydrogen-bond donors (Lipinski definition) is 2. The second-order valence-electron chi connectivity index (χ2n) is 4.27. The maximum atomic E-state index is 13.3. The Balaban J connectivity index is 2.31. The average Bonchev–Trinajstić information content (AvgIpc) is 2.39. The molecule has 0 aliphatic heterocycles. The third-order valence-corrected chi connectivity index (χ3v) is 3.28. The Kier molecular flexibility index (Phi) is 4.04. The summed E-state index contributed by atoms with van der Waals surface area (Å²) in [6.07, 6.45) is 0. The molecule has 2 aromatic carbocycles. The topological polar surface area (TPSA) is 55.1 Å². The maximum Gasteiger partial charge on any atom is 0.255 e. The number of hydrogen-bond acceptors (Lipinski definition) is 2. The number of nitrogen functional groups attached to an aromatic ring is 1. The summed E-state index contributed by atoms with van der Waals surface area (Å²) >= 11 is 3.29. The molecule has 0 aromatic heterocycles. The van der Waals surface area contributed by atoms with Crippen molar-refractivity contribution in [1.29, 1.82) is 0 Å². The molecule has 0 fully saturated rings. The number of carbonyl (C=O) groups excluding carboxylic acids is 1. The van der Waals surface area contributed by atoms with Crippen LogP contribution in [0.1, 0.15) is 15.9 Å². The number of aryl methyl sites for hydroxylation is 1. The molecule has 20 heavy (non-hydrogen) atoms. The number of amides is 1. The Bertz CT molecular complexity index is 666. The van der Waals surface area contributed by atoms with Crippen LogP contribution in [0.2, 0.25) is 0 Å². The zero-order valence-electron chi connectivity index (χ0n) is 10.5. The van der Waals surface area contributed by atoms with E-state index in [4.69, 9.17) is 5.73 Å². The van der Waals surface area contributed by atoms with Crippen LogP contribution < -0.4 is 11.1 Å². The van der Waals surface area contributed by atoms with Gasteiger partial charge in [-0.25, -0.2) is 8.78 Å². The first kappa shape index (κ1) is 14.5. The van der Waals surface area contributed by atoms with Crippen molar-refractivity contribution < 1.29 is 13.6 Å². The van der Waals surface area contributed by atoms with E-state index in [0.717, 1.165) is 22.2 Å². The van der Waals surface area contributed by atoms with Crippen molar-refractivity contribution in [1.82, 2.24) is 0 Å². The maximum absolute atomic E-state index is 13.3. The van der Waals surface area contributed by atoms with Crippen molar-refractivity contribution in [2.45, 2.75) is 6.92 Å². The molecule has 0 saturated carbocycles. The minimum absolute atomic E-state index is 0.131. The third kappa shape index (κ3) is 2.96. The number of rotatable bonds is 2. The molecular weight excluding hydrogens is 330 g/mol. The summed E-state index contributed by atoms with van der Waals surface area (Å²) in [5.74, 6) is -2.52. The van der Waals surface area contributed by atoms with Crippen molar-refractivity contribution in [2.24, 2.45) is 0 Å². The lowest BCUT2D eigenvalue weighted by Crippen LogP contribution is -2.14. The quantitative estimate of drug-likeness (QED) is 0.815. The van der Waals surface area contributed by atoms with Crippen LogP contribution in [0.15, 0.2) is 34.8 Å². The number of carbonyl (C=O) groups is 1. The van der Waals surface area contributed by atoms with Crippen LogP contribution in [0.5, 0.6) is 0 Å². The third-order valence-electron chi connectivity index (χ3n) is 2.79. The Morgan fingerprint density at radius 2 is 1.80 bits per heavy atom. The second kappa shape index (κ2) is 5.58. The van der Waals surface area contributed by atoms with Crippen LogP contribution in [0.4, 0.5) is 20.2 Å². The Morgan fingerprint density at radius 1 is 1.20 bits per heavy atom. The van der Waals surface area contributed by atoms with Gasteiger partial charge >= 0.3 is 0 Å².